The summed E-state index contributed by atoms with van der Waals surface area (Å²) in [4.78, 5) is 2.28. The Morgan fingerprint density at radius 2 is 1.84 bits per heavy atom. The second-order valence-electron chi connectivity index (χ2n) is 5.74. The molecule has 114 valence electrons. The summed E-state index contributed by atoms with van der Waals surface area (Å²) < 4.78 is 26.2. The SMILES string of the molecule is CC(C)NCCS(=O)(=O)NCCN(C)C1CCCC1. The highest BCUT2D eigenvalue weighted by atomic mass is 32.2. The number of hydrogen-bond donors (Lipinski definition) is 2. The van der Waals surface area contributed by atoms with Gasteiger partial charge in [0.15, 0.2) is 0 Å². The third-order valence-corrected chi connectivity index (χ3v) is 5.04. The maximum atomic E-state index is 11.7. The van der Waals surface area contributed by atoms with Crippen LogP contribution in [0.1, 0.15) is 39.5 Å². The van der Waals surface area contributed by atoms with Gasteiger partial charge >= 0.3 is 0 Å². The zero-order valence-electron chi connectivity index (χ0n) is 12.5. The molecule has 5 nitrogen and oxygen atoms in total. The molecule has 1 saturated carbocycles. The van der Waals surface area contributed by atoms with Crippen molar-refractivity contribution >= 4 is 10.0 Å². The quantitative estimate of drug-likeness (QED) is 0.659. The fourth-order valence-corrected chi connectivity index (χ4v) is 3.39. The lowest BCUT2D eigenvalue weighted by atomic mass is 10.2. The van der Waals surface area contributed by atoms with E-state index in [-0.39, 0.29) is 5.75 Å². The van der Waals surface area contributed by atoms with Crippen molar-refractivity contribution in [2.24, 2.45) is 0 Å². The van der Waals surface area contributed by atoms with E-state index in [1.165, 1.54) is 25.7 Å². The van der Waals surface area contributed by atoms with E-state index in [1.54, 1.807) is 0 Å². The lowest BCUT2D eigenvalue weighted by molar-refractivity contribution is 0.250. The van der Waals surface area contributed by atoms with Crippen molar-refractivity contribution in [1.29, 1.82) is 0 Å². The molecule has 0 aromatic heterocycles. The highest BCUT2D eigenvalue weighted by molar-refractivity contribution is 7.89. The number of likely N-dealkylation sites (N-methyl/N-ethyl adjacent to an activating group) is 1. The number of nitrogens with zero attached hydrogens (tertiary/aromatic N) is 1. The molecule has 1 aliphatic carbocycles. The topological polar surface area (TPSA) is 61.4 Å². The van der Waals surface area contributed by atoms with Crippen LogP contribution < -0.4 is 10.0 Å². The van der Waals surface area contributed by atoms with Gasteiger partial charge in [0, 0.05) is 31.7 Å². The average Bonchev–Trinajstić information content (AvgIpc) is 2.81. The van der Waals surface area contributed by atoms with E-state index in [2.05, 4.69) is 22.0 Å². The molecule has 0 unspecified atom stereocenters. The zero-order chi connectivity index (χ0) is 14.3. The highest BCUT2D eigenvalue weighted by Crippen LogP contribution is 2.21. The van der Waals surface area contributed by atoms with Crippen LogP contribution in [0.3, 0.4) is 0 Å². The summed E-state index contributed by atoms with van der Waals surface area (Å²) in [6, 6.07) is 0.968. The van der Waals surface area contributed by atoms with Gasteiger partial charge in [-0.3, -0.25) is 0 Å². The van der Waals surface area contributed by atoms with Gasteiger partial charge in [0.2, 0.25) is 10.0 Å². The van der Waals surface area contributed by atoms with Crippen molar-refractivity contribution in [3.8, 4) is 0 Å². The fourth-order valence-electron chi connectivity index (χ4n) is 2.46. The molecule has 0 radical (unpaired) electrons. The first kappa shape index (κ1) is 16.9. The van der Waals surface area contributed by atoms with Crippen molar-refractivity contribution in [2.45, 2.75) is 51.6 Å². The molecule has 0 bridgehead atoms. The third-order valence-electron chi connectivity index (χ3n) is 3.66. The summed E-state index contributed by atoms with van der Waals surface area (Å²) in [6.07, 6.45) is 5.12. The van der Waals surface area contributed by atoms with Crippen molar-refractivity contribution in [1.82, 2.24) is 14.9 Å². The molecule has 0 aromatic rings. The van der Waals surface area contributed by atoms with E-state index in [1.807, 2.05) is 13.8 Å². The predicted molar refractivity (Wildman–Crippen MR) is 79.8 cm³/mol. The molecule has 19 heavy (non-hydrogen) atoms. The molecule has 1 rings (SSSR count). The summed E-state index contributed by atoms with van der Waals surface area (Å²) in [5.74, 6) is 0.151. The number of sulfonamides is 1. The van der Waals surface area contributed by atoms with Gasteiger partial charge in [-0.2, -0.15) is 0 Å². The van der Waals surface area contributed by atoms with Crippen LogP contribution in [0.5, 0.6) is 0 Å². The van der Waals surface area contributed by atoms with Gasteiger partial charge in [0.05, 0.1) is 5.75 Å². The minimum Gasteiger partial charge on any atom is -0.313 e. The van der Waals surface area contributed by atoms with E-state index >= 15 is 0 Å². The Bertz CT molecular complexity index is 338. The lowest BCUT2D eigenvalue weighted by Gasteiger charge is -2.23. The van der Waals surface area contributed by atoms with Gasteiger partial charge in [-0.15, -0.1) is 0 Å². The standard InChI is InChI=1S/C13H29N3O2S/c1-12(2)14-9-11-19(17,18)15-8-10-16(3)13-6-4-5-7-13/h12-15H,4-11H2,1-3H3. The molecule has 0 heterocycles. The van der Waals surface area contributed by atoms with Crippen molar-refractivity contribution < 1.29 is 8.42 Å². The van der Waals surface area contributed by atoms with Crippen LogP contribution in [0.25, 0.3) is 0 Å². The van der Waals surface area contributed by atoms with Crippen LogP contribution in [0.2, 0.25) is 0 Å². The zero-order valence-corrected chi connectivity index (χ0v) is 13.3. The Kier molecular flexibility index (Phi) is 7.28. The van der Waals surface area contributed by atoms with Crippen LogP contribution in [0.15, 0.2) is 0 Å². The molecule has 1 fully saturated rings. The number of nitrogens with one attached hydrogen (secondary N) is 2. The molecule has 1 aliphatic rings. The van der Waals surface area contributed by atoms with E-state index < -0.39 is 10.0 Å². The molecule has 2 N–H and O–H groups in total. The van der Waals surface area contributed by atoms with Gasteiger partial charge in [-0.1, -0.05) is 26.7 Å². The van der Waals surface area contributed by atoms with Crippen molar-refractivity contribution in [3.63, 3.8) is 0 Å². The van der Waals surface area contributed by atoms with E-state index in [0.717, 1.165) is 6.54 Å². The number of rotatable bonds is 9. The molecule has 0 atom stereocenters. The van der Waals surface area contributed by atoms with Crippen LogP contribution in [0.4, 0.5) is 0 Å². The second-order valence-corrected chi connectivity index (χ2v) is 7.67. The Morgan fingerprint density at radius 1 is 1.21 bits per heavy atom. The van der Waals surface area contributed by atoms with Crippen LogP contribution in [0, 0.1) is 0 Å². The Balaban J connectivity index is 2.16. The van der Waals surface area contributed by atoms with Crippen LogP contribution >= 0.6 is 0 Å². The Morgan fingerprint density at radius 3 is 2.42 bits per heavy atom. The summed E-state index contributed by atoms with van der Waals surface area (Å²) in [5, 5.41) is 3.12. The molecular formula is C13H29N3O2S. The molecule has 0 aliphatic heterocycles. The van der Waals surface area contributed by atoms with Crippen LogP contribution in [-0.2, 0) is 10.0 Å². The van der Waals surface area contributed by atoms with Gasteiger partial charge < -0.3 is 10.2 Å². The smallest absolute Gasteiger partial charge is 0.212 e. The first-order chi connectivity index (χ1) is 8.91. The summed E-state index contributed by atoms with van der Waals surface area (Å²) in [5.41, 5.74) is 0. The van der Waals surface area contributed by atoms with E-state index in [4.69, 9.17) is 0 Å². The summed E-state index contributed by atoms with van der Waals surface area (Å²) in [7, 11) is -1.05. The second kappa shape index (κ2) is 8.19. The Labute approximate surface area is 118 Å². The Hall–Kier alpha value is -0.170. The van der Waals surface area contributed by atoms with Gasteiger partial charge in [-0.25, -0.2) is 13.1 Å². The minimum atomic E-state index is -3.14. The summed E-state index contributed by atoms with van der Waals surface area (Å²) >= 11 is 0. The van der Waals surface area contributed by atoms with Crippen LogP contribution in [-0.4, -0.2) is 57.8 Å². The first-order valence-corrected chi connectivity index (χ1v) is 8.97. The van der Waals surface area contributed by atoms with Gasteiger partial charge in [-0.05, 0) is 19.9 Å². The van der Waals surface area contributed by atoms with E-state index in [9.17, 15) is 8.42 Å². The molecule has 0 saturated heterocycles. The van der Waals surface area contributed by atoms with Crippen molar-refractivity contribution in [2.75, 3.05) is 32.4 Å². The minimum absolute atomic E-state index is 0.151. The molecule has 6 heteroatoms. The largest absolute Gasteiger partial charge is 0.313 e. The monoisotopic (exact) mass is 291 g/mol. The predicted octanol–water partition coefficient (Wildman–Crippen LogP) is 0.778. The maximum Gasteiger partial charge on any atom is 0.212 e. The lowest BCUT2D eigenvalue weighted by Crippen LogP contribution is -2.39. The van der Waals surface area contributed by atoms with Gasteiger partial charge in [0.1, 0.15) is 0 Å². The maximum absolute atomic E-state index is 11.7. The molecule has 0 spiro atoms. The molecule has 0 aromatic carbocycles. The van der Waals surface area contributed by atoms with Crippen molar-refractivity contribution in [3.05, 3.63) is 0 Å². The fraction of sp³-hybridized carbons (Fsp3) is 1.00. The summed E-state index contributed by atoms with van der Waals surface area (Å²) in [6.45, 7) is 5.83. The highest BCUT2D eigenvalue weighted by Gasteiger charge is 2.19. The first-order valence-electron chi connectivity index (χ1n) is 7.31. The number of hydrogen-bond acceptors (Lipinski definition) is 4. The average molecular weight is 291 g/mol. The molecule has 0 amide bonds. The van der Waals surface area contributed by atoms with E-state index in [0.29, 0.717) is 25.2 Å². The normalized spacial score (nSPS) is 17.7. The third kappa shape index (κ3) is 7.25. The van der Waals surface area contributed by atoms with Gasteiger partial charge in [0.25, 0.3) is 0 Å². The molecular weight excluding hydrogens is 262 g/mol.